The fraction of sp³-hybridized carbons (Fsp3) is 0.750. The summed E-state index contributed by atoms with van der Waals surface area (Å²) < 4.78 is 4.73. The van der Waals surface area contributed by atoms with Crippen molar-refractivity contribution in [1.82, 2.24) is 0 Å². The van der Waals surface area contributed by atoms with E-state index in [0.29, 0.717) is 6.61 Å². The monoisotopic (exact) mass is 188 g/mol. The van der Waals surface area contributed by atoms with E-state index in [9.17, 15) is 4.79 Å². The predicted octanol–water partition coefficient (Wildman–Crippen LogP) is 0.579. The second-order valence-corrected chi connectivity index (χ2v) is 2.23. The summed E-state index contributed by atoms with van der Waals surface area (Å²) in [6.45, 7) is 2.61. The van der Waals surface area contributed by atoms with Crippen molar-refractivity contribution in [3.05, 3.63) is 0 Å². The van der Waals surface area contributed by atoms with Crippen LogP contribution in [0.4, 0.5) is 0 Å². The third-order valence-electron chi connectivity index (χ3n) is 1.18. The molecule has 0 unspecified atom stereocenters. The number of carbonyl (C=O) groups excluding carboxylic acids is 2. The summed E-state index contributed by atoms with van der Waals surface area (Å²) in [5.74, 6) is -0.309. The van der Waals surface area contributed by atoms with Crippen LogP contribution in [-0.2, 0) is 14.3 Å². The van der Waals surface area contributed by atoms with Crippen LogP contribution in [0, 0.1) is 5.41 Å². The predicted molar refractivity (Wildman–Crippen MR) is 48.0 cm³/mol. The molecule has 3 N–H and O–H groups in total. The minimum absolute atomic E-state index is 0.00781. The van der Waals surface area contributed by atoms with Gasteiger partial charge >= 0.3 is 5.97 Å². The van der Waals surface area contributed by atoms with Crippen LogP contribution in [0.2, 0.25) is 0 Å². The Hall–Kier alpha value is -1.19. The molecule has 5 heteroatoms. The molecule has 0 aliphatic heterocycles. The molecule has 0 saturated carbocycles. The maximum absolute atomic E-state index is 10.4. The Morgan fingerprint density at radius 2 is 2.08 bits per heavy atom. The highest BCUT2D eigenvalue weighted by molar-refractivity contribution is 5.71. The van der Waals surface area contributed by atoms with Crippen molar-refractivity contribution >= 4 is 12.0 Å². The zero-order valence-corrected chi connectivity index (χ0v) is 7.84. The summed E-state index contributed by atoms with van der Waals surface area (Å²) in [7, 11) is 0. The van der Waals surface area contributed by atoms with Gasteiger partial charge in [-0.25, -0.2) is 10.2 Å². The topological polar surface area (TPSA) is 93.2 Å². The van der Waals surface area contributed by atoms with Crippen molar-refractivity contribution in [1.29, 1.82) is 5.41 Å². The van der Waals surface area contributed by atoms with Crippen LogP contribution in [0.5, 0.6) is 0 Å². The first kappa shape index (κ1) is 14.3. The smallest absolute Gasteiger partial charge is 0.319 e. The van der Waals surface area contributed by atoms with Crippen LogP contribution in [0.15, 0.2) is 0 Å². The number of hydrogen-bond donors (Lipinski definition) is 2. The number of isocyanates is 1. The molecule has 0 heterocycles. The first-order valence-electron chi connectivity index (χ1n) is 4.12. The lowest BCUT2D eigenvalue weighted by atomic mass is 10.3. The minimum Gasteiger partial charge on any atom is -0.465 e. The number of hydrogen-bond acceptors (Lipinski definition) is 5. The number of nitrogens with one attached hydrogen (secondary N) is 1. The van der Waals surface area contributed by atoms with Crippen LogP contribution in [-0.4, -0.2) is 25.2 Å². The van der Waals surface area contributed by atoms with Gasteiger partial charge in [0.25, 0.3) is 0 Å². The van der Waals surface area contributed by atoms with E-state index in [0.717, 1.165) is 25.3 Å². The molecular weight excluding hydrogens is 172 g/mol. The average Bonchev–Trinajstić information content (AvgIpc) is 2.13. The van der Waals surface area contributed by atoms with Crippen molar-refractivity contribution in [2.24, 2.45) is 5.73 Å². The maximum atomic E-state index is 10.4. The second kappa shape index (κ2) is 13.4. The maximum Gasteiger partial charge on any atom is 0.319 e. The van der Waals surface area contributed by atoms with Gasteiger partial charge in [-0.05, 0) is 6.42 Å². The molecule has 0 fully saturated rings. The van der Waals surface area contributed by atoms with E-state index in [4.69, 9.17) is 20.7 Å². The number of rotatable bonds is 5. The van der Waals surface area contributed by atoms with E-state index in [1.165, 1.54) is 0 Å². The van der Waals surface area contributed by atoms with Crippen molar-refractivity contribution in [2.45, 2.75) is 26.2 Å². The van der Waals surface area contributed by atoms with Crippen LogP contribution in [0.3, 0.4) is 0 Å². The molecule has 0 aliphatic rings. The second-order valence-electron chi connectivity index (χ2n) is 2.23. The summed E-state index contributed by atoms with van der Waals surface area (Å²) in [6.07, 6.45) is 3.94. The quantitative estimate of drug-likeness (QED) is 0.285. The molecule has 0 radical (unpaired) electrons. The van der Waals surface area contributed by atoms with E-state index in [1.807, 2.05) is 0 Å². The summed E-state index contributed by atoms with van der Waals surface area (Å²) in [5.41, 5.74) is 5.01. The zero-order chi connectivity index (χ0) is 10.5. The summed E-state index contributed by atoms with van der Waals surface area (Å²) in [5, 5.41) is 5.40. The lowest BCUT2D eigenvalue weighted by Crippen LogP contribution is -2.17. The first-order chi connectivity index (χ1) is 6.22. The molecule has 0 spiro atoms. The molecule has 0 atom stereocenters. The van der Waals surface area contributed by atoms with Gasteiger partial charge in [-0.1, -0.05) is 19.8 Å². The molecule has 0 rings (SSSR count). The Bertz CT molecular complexity index is 153. The zero-order valence-electron chi connectivity index (χ0n) is 7.84. The van der Waals surface area contributed by atoms with Crippen LogP contribution in [0.25, 0.3) is 0 Å². The highest BCUT2D eigenvalue weighted by atomic mass is 16.5. The Morgan fingerprint density at radius 1 is 1.54 bits per heavy atom. The number of carbonyl (C=O) groups is 1. The van der Waals surface area contributed by atoms with Gasteiger partial charge in [-0.3, -0.25) is 4.79 Å². The fourth-order valence-electron chi connectivity index (χ4n) is 0.597. The van der Waals surface area contributed by atoms with Crippen molar-refractivity contribution in [2.75, 3.05) is 13.2 Å². The summed E-state index contributed by atoms with van der Waals surface area (Å²) in [4.78, 5) is 18.8. The van der Waals surface area contributed by atoms with E-state index in [-0.39, 0.29) is 12.5 Å². The van der Waals surface area contributed by atoms with Crippen LogP contribution >= 0.6 is 0 Å². The number of unbranched alkanes of at least 4 members (excludes halogenated alkanes) is 2. The van der Waals surface area contributed by atoms with Crippen molar-refractivity contribution < 1.29 is 14.3 Å². The summed E-state index contributed by atoms with van der Waals surface area (Å²) >= 11 is 0. The fourth-order valence-corrected chi connectivity index (χ4v) is 0.597. The lowest BCUT2D eigenvalue weighted by molar-refractivity contribution is -0.142. The molecule has 0 amide bonds. The average molecular weight is 188 g/mol. The van der Waals surface area contributed by atoms with Gasteiger partial charge in [0.15, 0.2) is 0 Å². The Kier molecular flexibility index (Phi) is 14.8. The van der Waals surface area contributed by atoms with E-state index < -0.39 is 0 Å². The molecule has 0 aromatic rings. The molecular formula is C8H16N2O3. The molecule has 0 aromatic carbocycles. The highest BCUT2D eigenvalue weighted by Crippen LogP contribution is 1.93. The molecule has 0 saturated heterocycles. The van der Waals surface area contributed by atoms with E-state index >= 15 is 0 Å². The van der Waals surface area contributed by atoms with Crippen LogP contribution < -0.4 is 5.73 Å². The number of nitrogens with two attached hydrogens (primary N) is 1. The van der Waals surface area contributed by atoms with Crippen LogP contribution in [0.1, 0.15) is 26.2 Å². The largest absolute Gasteiger partial charge is 0.465 e. The van der Waals surface area contributed by atoms with Gasteiger partial charge in [0.05, 0.1) is 13.2 Å². The third kappa shape index (κ3) is 18.1. The number of ether oxygens (including phenoxy) is 1. The Balaban J connectivity index is 0. The molecule has 5 nitrogen and oxygen atoms in total. The summed E-state index contributed by atoms with van der Waals surface area (Å²) in [6, 6.07) is 0. The third-order valence-corrected chi connectivity index (χ3v) is 1.18. The van der Waals surface area contributed by atoms with Gasteiger partial charge in [0.2, 0.25) is 6.08 Å². The van der Waals surface area contributed by atoms with Crippen molar-refractivity contribution in [3.63, 3.8) is 0 Å². The molecule has 76 valence electrons. The van der Waals surface area contributed by atoms with Gasteiger partial charge in [-0.2, -0.15) is 0 Å². The molecule has 13 heavy (non-hydrogen) atoms. The standard InChI is InChI=1S/C7H15NO2.CHNO/c1-2-3-4-5-10-7(9)6-8;2-1-3/h2-6,8H2,1H3;2H. The lowest BCUT2D eigenvalue weighted by Gasteiger charge is -2.00. The van der Waals surface area contributed by atoms with E-state index in [1.54, 1.807) is 0 Å². The minimum atomic E-state index is -0.309. The normalized spacial score (nSPS) is 7.85. The van der Waals surface area contributed by atoms with Crippen molar-refractivity contribution in [3.8, 4) is 0 Å². The molecule has 0 aromatic heterocycles. The van der Waals surface area contributed by atoms with Gasteiger partial charge < -0.3 is 10.5 Å². The Morgan fingerprint density at radius 3 is 2.46 bits per heavy atom. The van der Waals surface area contributed by atoms with E-state index in [2.05, 4.69) is 6.92 Å². The first-order valence-corrected chi connectivity index (χ1v) is 4.12. The SMILES string of the molecule is CCCCCOC(=O)CN.N=C=O. The van der Waals surface area contributed by atoms with Gasteiger partial charge in [0, 0.05) is 0 Å². The van der Waals surface area contributed by atoms with Gasteiger partial charge in [-0.15, -0.1) is 0 Å². The molecule has 0 bridgehead atoms. The Labute approximate surface area is 77.8 Å². The molecule has 0 aliphatic carbocycles. The van der Waals surface area contributed by atoms with Gasteiger partial charge in [0.1, 0.15) is 0 Å². The highest BCUT2D eigenvalue weighted by Gasteiger charge is 1.95. The number of esters is 1.